The minimum absolute atomic E-state index is 0.0165. The Kier molecular flexibility index (Phi) is 4.18. The maximum Gasteiger partial charge on any atom is 0.0352 e. The lowest BCUT2D eigenvalue weighted by Gasteiger charge is -2.30. The fourth-order valence-electron chi connectivity index (χ4n) is 4.59. The van der Waals surface area contributed by atoms with E-state index in [0.29, 0.717) is 0 Å². The lowest BCUT2D eigenvalue weighted by Crippen LogP contribution is -2.30. The Hall–Kier alpha value is -1.64. The largest absolute Gasteiger partial charge is 0.322 e. The molecule has 1 atom stereocenters. The molecule has 0 radical (unpaired) electrons. The first-order valence-electron chi connectivity index (χ1n) is 9.59. The molecule has 140 valence electrons. The van der Waals surface area contributed by atoms with Crippen LogP contribution in [-0.4, -0.2) is 0 Å². The van der Waals surface area contributed by atoms with E-state index in [2.05, 4.69) is 77.1 Å². The number of hydrogen-bond donors (Lipinski definition) is 2. The van der Waals surface area contributed by atoms with Gasteiger partial charge in [-0.15, -0.1) is 0 Å². The van der Waals surface area contributed by atoms with Crippen LogP contribution in [0, 0.1) is 0 Å². The maximum atomic E-state index is 6.40. The maximum absolute atomic E-state index is 6.40. The molecule has 4 N–H and O–H groups in total. The second-order valence-corrected chi connectivity index (χ2v) is 10.2. The van der Waals surface area contributed by atoms with Crippen LogP contribution in [0.5, 0.6) is 0 Å². The minimum atomic E-state index is -0.337. The summed E-state index contributed by atoms with van der Waals surface area (Å²) in [6, 6.07) is 15.7. The third-order valence-electron chi connectivity index (χ3n) is 6.15. The van der Waals surface area contributed by atoms with Crippen molar-refractivity contribution >= 4 is 0 Å². The Morgan fingerprint density at radius 1 is 0.731 bits per heavy atom. The summed E-state index contributed by atoms with van der Waals surface area (Å²) in [6.07, 6.45) is 1.09. The molecule has 1 unspecified atom stereocenters. The van der Waals surface area contributed by atoms with Crippen molar-refractivity contribution in [3.63, 3.8) is 0 Å². The van der Waals surface area contributed by atoms with E-state index in [9.17, 15) is 0 Å². The van der Waals surface area contributed by atoms with Crippen LogP contribution in [0.3, 0.4) is 0 Å². The average molecular weight is 351 g/mol. The van der Waals surface area contributed by atoms with Crippen molar-refractivity contribution in [2.75, 3.05) is 0 Å². The van der Waals surface area contributed by atoms with Crippen LogP contribution in [0.2, 0.25) is 0 Å². The van der Waals surface area contributed by atoms with Gasteiger partial charge in [0.15, 0.2) is 0 Å². The van der Waals surface area contributed by atoms with Crippen LogP contribution in [0.15, 0.2) is 42.5 Å². The molecular formula is C24H34N2. The summed E-state index contributed by atoms with van der Waals surface area (Å²) in [6.45, 7) is 15.3. The second-order valence-electron chi connectivity index (χ2n) is 10.2. The molecule has 3 rings (SSSR count). The van der Waals surface area contributed by atoms with E-state index in [1.54, 1.807) is 0 Å². The van der Waals surface area contributed by atoms with E-state index in [4.69, 9.17) is 11.5 Å². The summed E-state index contributed by atoms with van der Waals surface area (Å²) in [4.78, 5) is 0. The van der Waals surface area contributed by atoms with Crippen LogP contribution in [-0.2, 0) is 21.9 Å². The third kappa shape index (κ3) is 3.10. The third-order valence-corrected chi connectivity index (χ3v) is 6.15. The fourth-order valence-corrected chi connectivity index (χ4v) is 4.59. The van der Waals surface area contributed by atoms with E-state index >= 15 is 0 Å². The highest BCUT2D eigenvalue weighted by molar-refractivity contribution is 5.54. The number of nitrogens with two attached hydrogens (primary N) is 2. The van der Waals surface area contributed by atoms with Gasteiger partial charge in [-0.25, -0.2) is 0 Å². The predicted molar refractivity (Wildman–Crippen MR) is 111 cm³/mol. The molecule has 26 heavy (non-hydrogen) atoms. The molecule has 2 aromatic rings. The Labute approximate surface area is 159 Å². The first kappa shape index (κ1) is 19.1. The standard InChI is InChI=1S/C24H34N2/c1-21(2)15-24(7,17-10-8-16(9-11-17)22(3,4)25)20-14-18(23(5,6)26)12-13-19(20)21/h8-14H,15,25-26H2,1-7H3. The minimum Gasteiger partial charge on any atom is -0.322 e. The average Bonchev–Trinajstić information content (AvgIpc) is 2.73. The summed E-state index contributed by atoms with van der Waals surface area (Å²) in [5.41, 5.74) is 18.7. The predicted octanol–water partition coefficient (Wildman–Crippen LogP) is 5.06. The molecule has 2 heteroatoms. The SMILES string of the molecule is CC(C)(N)c1ccc(C2(C)CC(C)(C)c3ccc(C(C)(C)N)cc32)cc1. The molecule has 0 aromatic heterocycles. The molecule has 0 amide bonds. The Bertz CT molecular complexity index is 817. The molecule has 0 fully saturated rings. The molecule has 2 nitrogen and oxygen atoms in total. The first-order valence-corrected chi connectivity index (χ1v) is 9.59. The highest BCUT2D eigenvalue weighted by Crippen LogP contribution is 2.53. The topological polar surface area (TPSA) is 52.0 Å². The zero-order valence-corrected chi connectivity index (χ0v) is 17.4. The van der Waals surface area contributed by atoms with Gasteiger partial charge in [-0.05, 0) is 67.3 Å². The van der Waals surface area contributed by atoms with Crippen molar-refractivity contribution in [2.45, 2.75) is 76.8 Å². The van der Waals surface area contributed by atoms with E-state index in [1.165, 1.54) is 27.8 Å². The van der Waals surface area contributed by atoms with Crippen LogP contribution in [0.25, 0.3) is 0 Å². The van der Waals surface area contributed by atoms with Crippen LogP contribution >= 0.6 is 0 Å². The van der Waals surface area contributed by atoms with Gasteiger partial charge in [0.1, 0.15) is 0 Å². The van der Waals surface area contributed by atoms with Gasteiger partial charge in [0.05, 0.1) is 0 Å². The van der Waals surface area contributed by atoms with Crippen molar-refractivity contribution in [3.05, 3.63) is 70.3 Å². The van der Waals surface area contributed by atoms with Crippen LogP contribution in [0.1, 0.15) is 82.7 Å². The molecule has 0 aliphatic heterocycles. The van der Waals surface area contributed by atoms with E-state index < -0.39 is 0 Å². The molecule has 2 aromatic carbocycles. The molecule has 1 aliphatic rings. The summed E-state index contributed by atoms with van der Waals surface area (Å²) in [7, 11) is 0. The van der Waals surface area contributed by atoms with Gasteiger partial charge in [0.2, 0.25) is 0 Å². The Morgan fingerprint density at radius 3 is 1.73 bits per heavy atom. The van der Waals surface area contributed by atoms with Crippen molar-refractivity contribution in [1.29, 1.82) is 0 Å². The van der Waals surface area contributed by atoms with Crippen LogP contribution < -0.4 is 11.5 Å². The Morgan fingerprint density at radius 2 is 1.23 bits per heavy atom. The van der Waals surface area contributed by atoms with E-state index in [-0.39, 0.29) is 21.9 Å². The summed E-state index contributed by atoms with van der Waals surface area (Å²) < 4.78 is 0. The molecule has 0 saturated heterocycles. The smallest absolute Gasteiger partial charge is 0.0352 e. The van der Waals surface area contributed by atoms with Crippen molar-refractivity contribution in [3.8, 4) is 0 Å². The molecule has 0 heterocycles. The summed E-state index contributed by atoms with van der Waals surface area (Å²) in [5, 5.41) is 0. The molecular weight excluding hydrogens is 316 g/mol. The van der Waals surface area contributed by atoms with Gasteiger partial charge in [-0.1, -0.05) is 63.2 Å². The molecule has 0 spiro atoms. The number of rotatable bonds is 3. The zero-order chi connectivity index (χ0) is 19.5. The van der Waals surface area contributed by atoms with Crippen molar-refractivity contribution in [2.24, 2.45) is 11.5 Å². The summed E-state index contributed by atoms with van der Waals surface area (Å²) in [5.74, 6) is 0. The number of fused-ring (bicyclic) bond motifs is 1. The van der Waals surface area contributed by atoms with Gasteiger partial charge < -0.3 is 11.5 Å². The highest BCUT2D eigenvalue weighted by Gasteiger charge is 2.46. The quantitative estimate of drug-likeness (QED) is 0.813. The van der Waals surface area contributed by atoms with Gasteiger partial charge in [0, 0.05) is 16.5 Å². The number of hydrogen-bond acceptors (Lipinski definition) is 2. The molecule has 1 aliphatic carbocycles. The van der Waals surface area contributed by atoms with Gasteiger partial charge >= 0.3 is 0 Å². The van der Waals surface area contributed by atoms with E-state index in [0.717, 1.165) is 6.42 Å². The lowest BCUT2D eigenvalue weighted by atomic mass is 9.74. The van der Waals surface area contributed by atoms with Gasteiger partial charge in [0.25, 0.3) is 0 Å². The van der Waals surface area contributed by atoms with Crippen molar-refractivity contribution in [1.82, 2.24) is 0 Å². The monoisotopic (exact) mass is 350 g/mol. The normalized spacial score (nSPS) is 22.3. The number of benzene rings is 2. The zero-order valence-electron chi connectivity index (χ0n) is 17.4. The molecule has 0 bridgehead atoms. The Balaban J connectivity index is 2.15. The van der Waals surface area contributed by atoms with Crippen LogP contribution in [0.4, 0.5) is 0 Å². The first-order chi connectivity index (χ1) is 11.7. The summed E-state index contributed by atoms with van der Waals surface area (Å²) >= 11 is 0. The fraction of sp³-hybridized carbons (Fsp3) is 0.500. The second kappa shape index (κ2) is 5.68. The lowest BCUT2D eigenvalue weighted by molar-refractivity contribution is 0.424. The van der Waals surface area contributed by atoms with Gasteiger partial charge in [-0.3, -0.25) is 0 Å². The van der Waals surface area contributed by atoms with Gasteiger partial charge in [-0.2, -0.15) is 0 Å². The molecule has 0 saturated carbocycles. The van der Waals surface area contributed by atoms with E-state index in [1.807, 2.05) is 13.8 Å². The highest BCUT2D eigenvalue weighted by atomic mass is 14.7. The van der Waals surface area contributed by atoms with Crippen molar-refractivity contribution < 1.29 is 0 Å².